The molecule has 0 saturated carbocycles. The average Bonchev–Trinajstić information content (AvgIpc) is 2.44. The number of amides is 1. The summed E-state index contributed by atoms with van der Waals surface area (Å²) < 4.78 is 0. The van der Waals surface area contributed by atoms with Gasteiger partial charge in [-0.25, -0.2) is 0 Å². The second-order valence-electron chi connectivity index (χ2n) is 4.43. The molecule has 1 aromatic rings. The molecule has 19 heavy (non-hydrogen) atoms. The van der Waals surface area contributed by atoms with Crippen molar-refractivity contribution >= 4 is 5.91 Å². The van der Waals surface area contributed by atoms with Crippen LogP contribution in [-0.4, -0.2) is 40.6 Å². The zero-order valence-electron chi connectivity index (χ0n) is 11.7. The smallest absolute Gasteiger partial charge is 0.255 e. The highest BCUT2D eigenvalue weighted by Gasteiger charge is 2.19. The molecule has 1 unspecified atom stereocenters. The van der Waals surface area contributed by atoms with Crippen molar-refractivity contribution in [1.82, 2.24) is 9.88 Å². The Hall–Kier alpha value is -1.86. The molecule has 0 aliphatic heterocycles. The molecule has 0 saturated heterocycles. The van der Waals surface area contributed by atoms with E-state index in [-0.39, 0.29) is 18.6 Å². The van der Waals surface area contributed by atoms with Crippen LogP contribution in [0.3, 0.4) is 0 Å². The van der Waals surface area contributed by atoms with Gasteiger partial charge in [0.1, 0.15) is 6.61 Å². The van der Waals surface area contributed by atoms with Crippen molar-refractivity contribution in [3.05, 3.63) is 29.6 Å². The van der Waals surface area contributed by atoms with Gasteiger partial charge in [0.2, 0.25) is 0 Å². The van der Waals surface area contributed by atoms with Gasteiger partial charge in [0.25, 0.3) is 5.91 Å². The number of pyridine rings is 1. The van der Waals surface area contributed by atoms with Crippen molar-refractivity contribution in [2.75, 3.05) is 13.7 Å². The van der Waals surface area contributed by atoms with Crippen LogP contribution in [-0.2, 0) is 0 Å². The quantitative estimate of drug-likeness (QED) is 0.838. The minimum Gasteiger partial charge on any atom is -0.384 e. The van der Waals surface area contributed by atoms with Gasteiger partial charge in [-0.15, -0.1) is 0 Å². The number of aliphatic hydroxyl groups excluding tert-OH is 1. The fourth-order valence-electron chi connectivity index (χ4n) is 1.82. The number of hydrogen-bond donors (Lipinski definition) is 1. The Bertz CT molecular complexity index is 488. The first-order valence-corrected chi connectivity index (χ1v) is 6.42. The fraction of sp³-hybridized carbons (Fsp3) is 0.467. The summed E-state index contributed by atoms with van der Waals surface area (Å²) in [5, 5.41) is 8.74. The number of carbonyl (C=O) groups excluding carboxylic acids is 1. The van der Waals surface area contributed by atoms with Crippen LogP contribution >= 0.6 is 0 Å². The minimum absolute atomic E-state index is 0.0643. The van der Waals surface area contributed by atoms with Crippen LogP contribution in [0.25, 0.3) is 0 Å². The molecule has 102 valence electrons. The van der Waals surface area contributed by atoms with Gasteiger partial charge < -0.3 is 10.0 Å². The van der Waals surface area contributed by atoms with Crippen molar-refractivity contribution in [3.63, 3.8) is 0 Å². The molecule has 0 aliphatic carbocycles. The number of aromatic nitrogens is 1. The third-order valence-corrected chi connectivity index (χ3v) is 3.04. The van der Waals surface area contributed by atoms with Crippen molar-refractivity contribution in [2.24, 2.45) is 0 Å². The van der Waals surface area contributed by atoms with Crippen LogP contribution in [0.5, 0.6) is 0 Å². The van der Waals surface area contributed by atoms with E-state index in [0.717, 1.165) is 12.8 Å². The maximum absolute atomic E-state index is 12.4. The highest BCUT2D eigenvalue weighted by atomic mass is 16.2. The van der Waals surface area contributed by atoms with Crippen LogP contribution < -0.4 is 0 Å². The Morgan fingerprint density at radius 1 is 1.58 bits per heavy atom. The summed E-state index contributed by atoms with van der Waals surface area (Å²) in [6.45, 7) is 3.89. The summed E-state index contributed by atoms with van der Waals surface area (Å²) in [4.78, 5) is 18.1. The van der Waals surface area contributed by atoms with E-state index >= 15 is 0 Å². The van der Waals surface area contributed by atoms with Gasteiger partial charge in [-0.3, -0.25) is 9.78 Å². The van der Waals surface area contributed by atoms with Crippen molar-refractivity contribution in [3.8, 4) is 11.8 Å². The van der Waals surface area contributed by atoms with Crippen LogP contribution in [0.1, 0.15) is 42.6 Å². The molecular formula is C15H20N2O2. The lowest BCUT2D eigenvalue weighted by Crippen LogP contribution is -2.35. The number of nitrogens with zero attached hydrogens (tertiary/aromatic N) is 2. The summed E-state index contributed by atoms with van der Waals surface area (Å²) >= 11 is 0. The number of aliphatic hydroxyl groups is 1. The third kappa shape index (κ3) is 4.08. The first-order valence-electron chi connectivity index (χ1n) is 6.42. The predicted octanol–water partition coefficient (Wildman–Crippen LogP) is 1.69. The normalized spacial score (nSPS) is 11.4. The van der Waals surface area contributed by atoms with Crippen LogP contribution in [0.2, 0.25) is 0 Å². The van der Waals surface area contributed by atoms with Crippen molar-refractivity contribution in [2.45, 2.75) is 32.7 Å². The fourth-order valence-corrected chi connectivity index (χ4v) is 1.82. The summed E-state index contributed by atoms with van der Waals surface area (Å²) in [6.07, 6.45) is 5.13. The highest BCUT2D eigenvalue weighted by Crippen LogP contribution is 2.12. The van der Waals surface area contributed by atoms with Crippen LogP contribution in [0.4, 0.5) is 0 Å². The molecule has 0 fully saturated rings. The van der Waals surface area contributed by atoms with Gasteiger partial charge in [-0.05, 0) is 19.4 Å². The standard InChI is InChI=1S/C15H20N2O2/c1-4-6-12(2)17(3)15(19)14-8-9-16-11-13(14)7-5-10-18/h8-9,11-12,18H,4,6,10H2,1-3H3. The summed E-state index contributed by atoms with van der Waals surface area (Å²) in [5.74, 6) is 5.24. The van der Waals surface area contributed by atoms with E-state index < -0.39 is 0 Å². The Balaban J connectivity index is 2.99. The lowest BCUT2D eigenvalue weighted by atomic mass is 10.1. The van der Waals surface area contributed by atoms with E-state index in [0.29, 0.717) is 11.1 Å². The number of carbonyl (C=O) groups is 1. The minimum atomic E-state index is -0.232. The molecule has 1 aromatic heterocycles. The average molecular weight is 260 g/mol. The molecule has 4 nitrogen and oxygen atoms in total. The Labute approximate surface area is 114 Å². The zero-order valence-corrected chi connectivity index (χ0v) is 11.7. The van der Waals surface area contributed by atoms with E-state index in [1.54, 1.807) is 30.4 Å². The third-order valence-electron chi connectivity index (χ3n) is 3.04. The molecular weight excluding hydrogens is 240 g/mol. The maximum Gasteiger partial charge on any atom is 0.255 e. The molecule has 1 atom stereocenters. The molecule has 1 rings (SSSR count). The van der Waals surface area contributed by atoms with Crippen LogP contribution in [0.15, 0.2) is 18.5 Å². The van der Waals surface area contributed by atoms with Gasteiger partial charge in [0.15, 0.2) is 0 Å². The Morgan fingerprint density at radius 3 is 2.95 bits per heavy atom. The van der Waals surface area contributed by atoms with E-state index in [1.807, 2.05) is 6.92 Å². The Morgan fingerprint density at radius 2 is 2.32 bits per heavy atom. The van der Waals surface area contributed by atoms with E-state index in [4.69, 9.17) is 5.11 Å². The summed E-state index contributed by atoms with van der Waals surface area (Å²) in [6, 6.07) is 1.85. The number of hydrogen-bond acceptors (Lipinski definition) is 3. The topological polar surface area (TPSA) is 53.4 Å². The van der Waals surface area contributed by atoms with Gasteiger partial charge in [0, 0.05) is 25.5 Å². The molecule has 1 N–H and O–H groups in total. The van der Waals surface area contributed by atoms with Crippen molar-refractivity contribution in [1.29, 1.82) is 0 Å². The predicted molar refractivity (Wildman–Crippen MR) is 74.7 cm³/mol. The van der Waals surface area contributed by atoms with Gasteiger partial charge in [-0.1, -0.05) is 25.2 Å². The molecule has 1 amide bonds. The van der Waals surface area contributed by atoms with Crippen molar-refractivity contribution < 1.29 is 9.90 Å². The van der Waals surface area contributed by atoms with E-state index in [9.17, 15) is 4.79 Å². The molecule has 0 bridgehead atoms. The molecule has 0 spiro atoms. The summed E-state index contributed by atoms with van der Waals surface area (Å²) in [7, 11) is 1.80. The second kappa shape index (κ2) is 7.55. The molecule has 1 heterocycles. The molecule has 0 radical (unpaired) electrons. The van der Waals surface area contributed by atoms with Gasteiger partial charge in [0.05, 0.1) is 11.1 Å². The molecule has 4 heteroatoms. The monoisotopic (exact) mass is 260 g/mol. The first-order chi connectivity index (χ1) is 9.11. The van der Waals surface area contributed by atoms with E-state index in [2.05, 4.69) is 23.7 Å². The SMILES string of the molecule is CCCC(C)N(C)C(=O)c1ccncc1C#CCO. The lowest BCUT2D eigenvalue weighted by Gasteiger charge is -2.25. The lowest BCUT2D eigenvalue weighted by molar-refractivity contribution is 0.0736. The molecule has 0 aromatic carbocycles. The summed E-state index contributed by atoms with van der Waals surface area (Å²) in [5.41, 5.74) is 1.08. The number of rotatable bonds is 4. The van der Waals surface area contributed by atoms with Gasteiger partial charge in [-0.2, -0.15) is 0 Å². The van der Waals surface area contributed by atoms with Crippen LogP contribution in [0, 0.1) is 11.8 Å². The Kier molecular flexibility index (Phi) is 6.04. The maximum atomic E-state index is 12.4. The highest BCUT2D eigenvalue weighted by molar-refractivity contribution is 5.96. The largest absolute Gasteiger partial charge is 0.384 e. The molecule has 0 aliphatic rings. The van der Waals surface area contributed by atoms with Gasteiger partial charge >= 0.3 is 0 Å². The second-order valence-corrected chi connectivity index (χ2v) is 4.43. The zero-order chi connectivity index (χ0) is 14.3. The van der Waals surface area contributed by atoms with E-state index in [1.165, 1.54) is 0 Å². The first kappa shape index (κ1) is 15.2.